The van der Waals surface area contributed by atoms with Crippen molar-refractivity contribution in [2.75, 3.05) is 6.61 Å². The fourth-order valence-corrected chi connectivity index (χ4v) is 2.91. The van der Waals surface area contributed by atoms with E-state index in [0.717, 1.165) is 28.3 Å². The van der Waals surface area contributed by atoms with Gasteiger partial charge >= 0.3 is 0 Å². The molecule has 0 bridgehead atoms. The summed E-state index contributed by atoms with van der Waals surface area (Å²) in [6.45, 7) is 0.424. The summed E-state index contributed by atoms with van der Waals surface area (Å²) >= 11 is 5.65. The standard InChI is InChI=1S/C20H20ClN2O/c1-22-18(16-10-5-3-6-11-16)20(24-15-9-14-21)19(23(22)2)17-12-7-4-8-13-17/h3-14H,15H2,1-2H3/q+1. The summed E-state index contributed by atoms with van der Waals surface area (Å²) in [5, 5.41) is 0. The van der Waals surface area contributed by atoms with Crippen LogP contribution >= 0.6 is 11.6 Å². The Bertz CT molecular complexity index is 776. The zero-order chi connectivity index (χ0) is 16.9. The maximum absolute atomic E-state index is 6.11. The Hall–Kier alpha value is -2.52. The van der Waals surface area contributed by atoms with E-state index in [0.29, 0.717) is 6.61 Å². The molecule has 0 radical (unpaired) electrons. The van der Waals surface area contributed by atoms with Crippen LogP contribution in [0.25, 0.3) is 22.5 Å². The van der Waals surface area contributed by atoms with Crippen LogP contribution in [-0.2, 0) is 14.1 Å². The van der Waals surface area contributed by atoms with Gasteiger partial charge in [-0.15, -0.1) is 4.68 Å². The Morgan fingerprint density at radius 2 is 1.58 bits per heavy atom. The largest absolute Gasteiger partial charge is 0.481 e. The highest BCUT2D eigenvalue weighted by Gasteiger charge is 2.29. The summed E-state index contributed by atoms with van der Waals surface area (Å²) < 4.78 is 10.3. The van der Waals surface area contributed by atoms with E-state index in [2.05, 4.69) is 33.6 Å². The normalized spacial score (nSPS) is 11.1. The van der Waals surface area contributed by atoms with Gasteiger partial charge in [-0.05, 0) is 18.2 Å². The van der Waals surface area contributed by atoms with Gasteiger partial charge in [0.05, 0.1) is 12.6 Å². The second kappa shape index (κ2) is 7.37. The molecular weight excluding hydrogens is 320 g/mol. The first-order chi connectivity index (χ1) is 11.7. The minimum atomic E-state index is 0.424. The predicted octanol–water partition coefficient (Wildman–Crippen LogP) is 4.31. The van der Waals surface area contributed by atoms with Crippen molar-refractivity contribution in [3.05, 3.63) is 72.3 Å². The molecule has 0 aliphatic rings. The highest BCUT2D eigenvalue weighted by atomic mass is 35.5. The van der Waals surface area contributed by atoms with Crippen LogP contribution in [0.15, 0.2) is 72.3 Å². The zero-order valence-corrected chi connectivity index (χ0v) is 14.6. The van der Waals surface area contributed by atoms with Gasteiger partial charge in [0.15, 0.2) is 12.7 Å². The first kappa shape index (κ1) is 16.3. The van der Waals surface area contributed by atoms with Crippen molar-refractivity contribution < 1.29 is 9.42 Å². The van der Waals surface area contributed by atoms with Gasteiger partial charge in [0, 0.05) is 11.1 Å². The van der Waals surface area contributed by atoms with Gasteiger partial charge < -0.3 is 4.74 Å². The van der Waals surface area contributed by atoms with Crippen molar-refractivity contribution >= 4 is 11.6 Å². The molecule has 0 N–H and O–H groups in total. The third kappa shape index (κ3) is 3.08. The molecule has 0 fully saturated rings. The van der Waals surface area contributed by atoms with Crippen molar-refractivity contribution in [2.45, 2.75) is 0 Å². The molecule has 0 atom stereocenters. The lowest BCUT2D eigenvalue weighted by atomic mass is 10.1. The second-order valence-corrected chi connectivity index (χ2v) is 5.73. The van der Waals surface area contributed by atoms with Gasteiger partial charge in [-0.1, -0.05) is 60.1 Å². The summed E-state index contributed by atoms with van der Waals surface area (Å²) in [6.07, 6.45) is 1.79. The van der Waals surface area contributed by atoms with E-state index in [-0.39, 0.29) is 0 Å². The van der Waals surface area contributed by atoms with E-state index in [4.69, 9.17) is 16.3 Å². The number of hydrogen-bond acceptors (Lipinski definition) is 1. The quantitative estimate of drug-likeness (QED) is 0.633. The van der Waals surface area contributed by atoms with E-state index in [1.807, 2.05) is 50.5 Å². The van der Waals surface area contributed by atoms with Gasteiger partial charge in [0.25, 0.3) is 5.69 Å². The van der Waals surface area contributed by atoms with Crippen LogP contribution in [-0.4, -0.2) is 11.3 Å². The van der Waals surface area contributed by atoms with Crippen LogP contribution in [0.5, 0.6) is 5.75 Å². The lowest BCUT2D eigenvalue weighted by Gasteiger charge is -2.05. The lowest BCUT2D eigenvalue weighted by Crippen LogP contribution is -2.39. The van der Waals surface area contributed by atoms with E-state index in [1.54, 1.807) is 6.08 Å². The molecule has 3 nitrogen and oxygen atoms in total. The average Bonchev–Trinajstić information content (AvgIpc) is 2.87. The molecule has 0 amide bonds. The Morgan fingerprint density at radius 3 is 2.17 bits per heavy atom. The van der Waals surface area contributed by atoms with E-state index < -0.39 is 0 Å². The number of ether oxygens (including phenoxy) is 1. The topological polar surface area (TPSA) is 18.0 Å². The molecule has 2 aromatic carbocycles. The van der Waals surface area contributed by atoms with E-state index in [9.17, 15) is 0 Å². The molecule has 4 heteroatoms. The maximum atomic E-state index is 6.11. The maximum Gasteiger partial charge on any atom is 0.280 e. The van der Waals surface area contributed by atoms with Gasteiger partial charge in [-0.25, -0.2) is 0 Å². The first-order valence-electron chi connectivity index (χ1n) is 7.82. The molecule has 122 valence electrons. The smallest absolute Gasteiger partial charge is 0.280 e. The Kier molecular flexibility index (Phi) is 5.02. The SMILES string of the molecule is Cn1c(-c2ccccc2)c(OCC=CCl)c(-c2ccccc2)[n+]1C. The van der Waals surface area contributed by atoms with Crippen LogP contribution < -0.4 is 9.42 Å². The highest BCUT2D eigenvalue weighted by molar-refractivity contribution is 6.25. The van der Waals surface area contributed by atoms with Gasteiger partial charge in [0.1, 0.15) is 6.61 Å². The molecule has 3 aromatic rings. The summed E-state index contributed by atoms with van der Waals surface area (Å²) in [5.41, 5.74) is 5.79. The number of benzene rings is 2. The highest BCUT2D eigenvalue weighted by Crippen LogP contribution is 2.37. The molecule has 3 rings (SSSR count). The van der Waals surface area contributed by atoms with Crippen molar-refractivity contribution in [1.29, 1.82) is 0 Å². The van der Waals surface area contributed by atoms with Crippen LogP contribution in [0.1, 0.15) is 0 Å². The number of nitrogens with zero attached hydrogens (tertiary/aromatic N) is 2. The molecule has 0 saturated heterocycles. The van der Waals surface area contributed by atoms with Crippen LogP contribution in [0.4, 0.5) is 0 Å². The number of halogens is 1. The fourth-order valence-electron chi connectivity index (χ4n) is 2.84. The summed E-state index contributed by atoms with van der Waals surface area (Å²) in [4.78, 5) is 0. The van der Waals surface area contributed by atoms with Crippen LogP contribution in [0.2, 0.25) is 0 Å². The number of hydrogen-bond donors (Lipinski definition) is 0. The average molecular weight is 340 g/mol. The molecular formula is C20H20ClN2O+. The summed E-state index contributed by atoms with van der Waals surface area (Å²) in [6, 6.07) is 20.5. The van der Waals surface area contributed by atoms with Crippen molar-refractivity contribution in [3.8, 4) is 28.3 Å². The second-order valence-electron chi connectivity index (χ2n) is 5.48. The van der Waals surface area contributed by atoms with Crippen molar-refractivity contribution in [3.63, 3.8) is 0 Å². The molecule has 0 unspecified atom stereocenters. The summed E-state index contributed by atoms with van der Waals surface area (Å²) in [5.74, 6) is 0.854. The third-order valence-electron chi connectivity index (χ3n) is 4.03. The molecule has 0 aliphatic carbocycles. The number of aromatic nitrogens is 2. The van der Waals surface area contributed by atoms with Gasteiger partial charge in [0.2, 0.25) is 5.75 Å². The number of rotatable bonds is 5. The molecule has 0 saturated carbocycles. The monoisotopic (exact) mass is 339 g/mol. The zero-order valence-electron chi connectivity index (χ0n) is 13.8. The fraction of sp³-hybridized carbons (Fsp3) is 0.150. The first-order valence-corrected chi connectivity index (χ1v) is 8.25. The molecule has 0 aliphatic heterocycles. The molecule has 0 spiro atoms. The molecule has 24 heavy (non-hydrogen) atoms. The van der Waals surface area contributed by atoms with Gasteiger partial charge in [-0.2, -0.15) is 4.68 Å². The molecule has 1 heterocycles. The minimum Gasteiger partial charge on any atom is -0.481 e. The minimum absolute atomic E-state index is 0.424. The Morgan fingerprint density at radius 1 is 1.00 bits per heavy atom. The third-order valence-corrected chi connectivity index (χ3v) is 4.21. The Balaban J connectivity index is 2.21. The van der Waals surface area contributed by atoms with E-state index >= 15 is 0 Å². The van der Waals surface area contributed by atoms with Crippen molar-refractivity contribution in [1.82, 2.24) is 4.68 Å². The van der Waals surface area contributed by atoms with Crippen LogP contribution in [0, 0.1) is 0 Å². The summed E-state index contributed by atoms with van der Waals surface area (Å²) in [7, 11) is 4.08. The van der Waals surface area contributed by atoms with Gasteiger partial charge in [-0.3, -0.25) is 0 Å². The van der Waals surface area contributed by atoms with E-state index in [1.165, 1.54) is 5.54 Å². The Labute approximate surface area is 147 Å². The lowest BCUT2D eigenvalue weighted by molar-refractivity contribution is -0.740. The predicted molar refractivity (Wildman–Crippen MR) is 97.9 cm³/mol. The van der Waals surface area contributed by atoms with Crippen molar-refractivity contribution in [2.24, 2.45) is 14.1 Å². The molecule has 1 aromatic heterocycles. The van der Waals surface area contributed by atoms with Crippen LogP contribution in [0.3, 0.4) is 0 Å².